The maximum absolute atomic E-state index is 13.3. The van der Waals surface area contributed by atoms with E-state index in [9.17, 15) is 9.59 Å². The van der Waals surface area contributed by atoms with E-state index >= 15 is 0 Å². The monoisotopic (exact) mass is 420 g/mol. The molecule has 0 N–H and O–H groups in total. The molecule has 0 aliphatic carbocycles. The van der Waals surface area contributed by atoms with E-state index in [0.717, 1.165) is 15.5 Å². The Morgan fingerprint density at radius 1 is 1.07 bits per heavy atom. The maximum Gasteiger partial charge on any atom is 0.265 e. The molecule has 29 heavy (non-hydrogen) atoms. The van der Waals surface area contributed by atoms with Gasteiger partial charge in [-0.15, -0.1) is 22.7 Å². The van der Waals surface area contributed by atoms with E-state index in [1.807, 2.05) is 41.1 Å². The number of fused-ring (bicyclic) bond motifs is 1. The van der Waals surface area contributed by atoms with Crippen LogP contribution in [0.1, 0.15) is 22.2 Å². The Balaban J connectivity index is 1.50. The molecule has 144 valence electrons. The summed E-state index contributed by atoms with van der Waals surface area (Å²) in [6.07, 6.45) is 1.95. The van der Waals surface area contributed by atoms with Crippen LogP contribution < -0.4 is 5.43 Å². The predicted molar refractivity (Wildman–Crippen MR) is 115 cm³/mol. The van der Waals surface area contributed by atoms with Crippen molar-refractivity contribution in [3.8, 4) is 0 Å². The number of carbonyl (C=O) groups excluding carboxylic acids is 1. The van der Waals surface area contributed by atoms with Gasteiger partial charge in [-0.25, -0.2) is 5.01 Å². The Hall–Kier alpha value is -3.10. The summed E-state index contributed by atoms with van der Waals surface area (Å²) in [7, 11) is 0. The number of amides is 1. The van der Waals surface area contributed by atoms with Crippen LogP contribution in [0.5, 0.6) is 0 Å². The van der Waals surface area contributed by atoms with Gasteiger partial charge in [0.2, 0.25) is 5.43 Å². The normalized spacial score (nSPS) is 16.3. The number of benzene rings is 1. The summed E-state index contributed by atoms with van der Waals surface area (Å²) in [5, 5.41) is 15.0. The van der Waals surface area contributed by atoms with Crippen molar-refractivity contribution in [3.05, 3.63) is 85.5 Å². The molecule has 4 heterocycles. The van der Waals surface area contributed by atoms with Crippen molar-refractivity contribution in [2.45, 2.75) is 19.0 Å². The van der Waals surface area contributed by atoms with Crippen LogP contribution in [0.3, 0.4) is 0 Å². The summed E-state index contributed by atoms with van der Waals surface area (Å²) in [4.78, 5) is 27.5. The molecular weight excluding hydrogens is 404 g/mol. The van der Waals surface area contributed by atoms with Gasteiger partial charge in [0.05, 0.1) is 28.3 Å². The fourth-order valence-corrected chi connectivity index (χ4v) is 5.05. The fraction of sp³-hybridized carbons (Fsp3) is 0.143. The highest BCUT2D eigenvalue weighted by Gasteiger charge is 2.34. The van der Waals surface area contributed by atoms with Crippen molar-refractivity contribution in [2.75, 3.05) is 0 Å². The van der Waals surface area contributed by atoms with Gasteiger partial charge in [0, 0.05) is 16.7 Å². The molecule has 0 saturated heterocycles. The fourth-order valence-electron chi connectivity index (χ4n) is 3.52. The zero-order valence-electron chi connectivity index (χ0n) is 15.3. The van der Waals surface area contributed by atoms with Crippen LogP contribution in [0.4, 0.5) is 0 Å². The first-order valence-electron chi connectivity index (χ1n) is 9.12. The minimum Gasteiger partial charge on any atom is -0.287 e. The second-order valence-corrected chi connectivity index (χ2v) is 8.61. The number of rotatable bonds is 4. The Labute approximate surface area is 174 Å². The topological polar surface area (TPSA) is 67.6 Å². The molecule has 8 heteroatoms. The van der Waals surface area contributed by atoms with E-state index < -0.39 is 0 Å². The molecule has 0 spiro atoms. The standard InChI is InChI=1S/C21H16N4O2S2/c26-18-12-22-24(16-6-2-1-5-14(16)18)13-21(27)25-17(20-8-4-10-29-20)11-15(23-25)19-7-3-9-28-19/h1-10,12,17H,11,13H2. The number of para-hydroxylation sites is 1. The van der Waals surface area contributed by atoms with E-state index in [0.29, 0.717) is 17.3 Å². The summed E-state index contributed by atoms with van der Waals surface area (Å²) in [6.45, 7) is 0.0177. The second-order valence-electron chi connectivity index (χ2n) is 6.68. The lowest BCUT2D eigenvalue weighted by Crippen LogP contribution is -2.31. The van der Waals surface area contributed by atoms with Crippen LogP contribution in [-0.4, -0.2) is 26.4 Å². The quantitative estimate of drug-likeness (QED) is 0.503. The summed E-state index contributed by atoms with van der Waals surface area (Å²) >= 11 is 3.25. The largest absolute Gasteiger partial charge is 0.287 e. The first-order chi connectivity index (χ1) is 14.2. The Morgan fingerprint density at radius 3 is 2.69 bits per heavy atom. The van der Waals surface area contributed by atoms with Gasteiger partial charge < -0.3 is 0 Å². The van der Waals surface area contributed by atoms with Gasteiger partial charge in [-0.05, 0) is 35.0 Å². The summed E-state index contributed by atoms with van der Waals surface area (Å²) in [6, 6.07) is 15.1. The highest BCUT2D eigenvalue weighted by molar-refractivity contribution is 7.12. The lowest BCUT2D eigenvalue weighted by Gasteiger charge is -2.21. The van der Waals surface area contributed by atoms with E-state index in [1.54, 1.807) is 50.6 Å². The third-order valence-corrected chi connectivity index (χ3v) is 6.78. The Kier molecular flexibility index (Phi) is 4.57. The number of nitrogens with zero attached hydrogens (tertiary/aromatic N) is 4. The van der Waals surface area contributed by atoms with E-state index in [-0.39, 0.29) is 23.9 Å². The smallest absolute Gasteiger partial charge is 0.265 e. The SMILES string of the molecule is O=C(Cn1ncc(=O)c2ccccc21)N1N=C(c2cccs2)CC1c1cccs1. The Morgan fingerprint density at radius 2 is 1.90 bits per heavy atom. The number of thiophene rings is 2. The number of hydrogen-bond acceptors (Lipinski definition) is 6. The minimum absolute atomic E-state index is 0.0177. The molecule has 4 aromatic rings. The van der Waals surface area contributed by atoms with E-state index in [1.165, 1.54) is 6.20 Å². The van der Waals surface area contributed by atoms with E-state index in [4.69, 9.17) is 0 Å². The van der Waals surface area contributed by atoms with Gasteiger partial charge >= 0.3 is 0 Å². The molecule has 0 bridgehead atoms. The van der Waals surface area contributed by atoms with Crippen LogP contribution in [0.2, 0.25) is 0 Å². The van der Waals surface area contributed by atoms with Crippen molar-refractivity contribution in [2.24, 2.45) is 5.10 Å². The molecule has 5 rings (SSSR count). The third-order valence-electron chi connectivity index (χ3n) is 4.89. The van der Waals surface area contributed by atoms with Crippen LogP contribution >= 0.6 is 22.7 Å². The molecule has 1 aliphatic heterocycles. The van der Waals surface area contributed by atoms with Crippen molar-refractivity contribution >= 4 is 45.2 Å². The second kappa shape index (κ2) is 7.38. The van der Waals surface area contributed by atoms with Crippen LogP contribution in [0.15, 0.2) is 75.4 Å². The molecule has 1 unspecified atom stereocenters. The van der Waals surface area contributed by atoms with Gasteiger partial charge in [0.1, 0.15) is 6.54 Å². The van der Waals surface area contributed by atoms with Crippen molar-refractivity contribution in [1.82, 2.24) is 14.8 Å². The molecule has 3 aromatic heterocycles. The summed E-state index contributed by atoms with van der Waals surface area (Å²) in [5.74, 6) is -0.156. The molecule has 1 atom stereocenters. The zero-order valence-corrected chi connectivity index (χ0v) is 16.9. The summed E-state index contributed by atoms with van der Waals surface area (Å²) in [5.41, 5.74) is 1.41. The number of aromatic nitrogens is 2. The summed E-state index contributed by atoms with van der Waals surface area (Å²) < 4.78 is 1.57. The van der Waals surface area contributed by atoms with Crippen LogP contribution in [-0.2, 0) is 11.3 Å². The molecule has 1 aliphatic rings. The molecule has 0 saturated carbocycles. The lowest BCUT2D eigenvalue weighted by molar-refractivity contribution is -0.133. The first-order valence-corrected chi connectivity index (χ1v) is 10.9. The predicted octanol–water partition coefficient (Wildman–Crippen LogP) is 3.90. The minimum atomic E-state index is -0.156. The van der Waals surface area contributed by atoms with Crippen molar-refractivity contribution in [1.29, 1.82) is 0 Å². The van der Waals surface area contributed by atoms with Gasteiger partial charge in [-0.3, -0.25) is 14.3 Å². The van der Waals surface area contributed by atoms with Gasteiger partial charge in [0.25, 0.3) is 5.91 Å². The average molecular weight is 421 g/mol. The maximum atomic E-state index is 13.3. The highest BCUT2D eigenvalue weighted by atomic mass is 32.1. The highest BCUT2D eigenvalue weighted by Crippen LogP contribution is 2.36. The van der Waals surface area contributed by atoms with Crippen molar-refractivity contribution in [3.63, 3.8) is 0 Å². The molecule has 6 nitrogen and oxygen atoms in total. The number of hydrogen-bond donors (Lipinski definition) is 0. The first kappa shape index (κ1) is 18.0. The molecule has 1 amide bonds. The average Bonchev–Trinajstić information content (AvgIpc) is 3.50. The molecule has 1 aromatic carbocycles. The van der Waals surface area contributed by atoms with Crippen LogP contribution in [0.25, 0.3) is 10.9 Å². The molecular formula is C21H16N4O2S2. The molecule has 0 fully saturated rings. The third kappa shape index (κ3) is 3.30. The number of carbonyl (C=O) groups is 1. The van der Waals surface area contributed by atoms with Crippen LogP contribution in [0, 0.1) is 0 Å². The number of hydrazone groups is 1. The Bertz CT molecular complexity index is 1260. The van der Waals surface area contributed by atoms with Gasteiger partial charge in [-0.2, -0.15) is 10.2 Å². The van der Waals surface area contributed by atoms with Gasteiger partial charge in [0.15, 0.2) is 0 Å². The zero-order chi connectivity index (χ0) is 19.8. The van der Waals surface area contributed by atoms with Crippen molar-refractivity contribution < 1.29 is 4.79 Å². The van der Waals surface area contributed by atoms with E-state index in [2.05, 4.69) is 10.2 Å². The lowest BCUT2D eigenvalue weighted by atomic mass is 10.1. The van der Waals surface area contributed by atoms with Gasteiger partial charge in [-0.1, -0.05) is 24.3 Å². The molecule has 0 radical (unpaired) electrons.